The van der Waals surface area contributed by atoms with Crippen molar-refractivity contribution in [2.75, 3.05) is 6.61 Å². The van der Waals surface area contributed by atoms with Gasteiger partial charge in [0, 0.05) is 12.1 Å². The van der Waals surface area contributed by atoms with Crippen LogP contribution in [-0.4, -0.2) is 24.5 Å². The third kappa shape index (κ3) is 5.84. The number of benzene rings is 2. The quantitative estimate of drug-likeness (QED) is 0.750. The molecule has 2 aromatic carbocycles. The molecular formula is C22H28N2O3. The average Bonchev–Trinajstić information content (AvgIpc) is 2.64. The molecule has 27 heavy (non-hydrogen) atoms. The fraction of sp³-hybridized carbons (Fsp3) is 0.364. The molecule has 0 heterocycles. The van der Waals surface area contributed by atoms with Crippen molar-refractivity contribution in [2.24, 2.45) is 5.92 Å². The zero-order chi connectivity index (χ0) is 19.8. The van der Waals surface area contributed by atoms with Crippen molar-refractivity contribution in [1.29, 1.82) is 0 Å². The summed E-state index contributed by atoms with van der Waals surface area (Å²) in [5, 5.41) is 5.78. The summed E-state index contributed by atoms with van der Waals surface area (Å²) in [6.07, 6.45) is 0. The summed E-state index contributed by atoms with van der Waals surface area (Å²) in [6.45, 7) is 8.61. The molecule has 5 heteroatoms. The predicted octanol–water partition coefficient (Wildman–Crippen LogP) is 3.46. The fourth-order valence-electron chi connectivity index (χ4n) is 2.79. The number of carbonyl (C=O) groups is 2. The van der Waals surface area contributed by atoms with Gasteiger partial charge in [-0.3, -0.25) is 9.59 Å². The highest BCUT2D eigenvalue weighted by atomic mass is 16.5. The Labute approximate surface area is 161 Å². The Bertz CT molecular complexity index is 787. The maximum Gasteiger partial charge on any atom is 0.252 e. The van der Waals surface area contributed by atoms with Gasteiger partial charge in [-0.05, 0) is 49.1 Å². The topological polar surface area (TPSA) is 67.4 Å². The average molecular weight is 368 g/mol. The molecule has 2 amide bonds. The number of amides is 2. The van der Waals surface area contributed by atoms with E-state index >= 15 is 0 Å². The highest BCUT2D eigenvalue weighted by Crippen LogP contribution is 2.14. The van der Waals surface area contributed by atoms with Gasteiger partial charge in [0.1, 0.15) is 11.8 Å². The van der Waals surface area contributed by atoms with Gasteiger partial charge in [-0.1, -0.05) is 44.2 Å². The van der Waals surface area contributed by atoms with Gasteiger partial charge in [-0.15, -0.1) is 0 Å². The highest BCUT2D eigenvalue weighted by Gasteiger charge is 2.24. The van der Waals surface area contributed by atoms with Crippen molar-refractivity contribution in [1.82, 2.24) is 10.6 Å². The Kier molecular flexibility index (Phi) is 7.41. The third-order valence-corrected chi connectivity index (χ3v) is 4.30. The number of carbonyl (C=O) groups excluding carboxylic acids is 2. The van der Waals surface area contributed by atoms with Crippen LogP contribution in [0.1, 0.15) is 42.3 Å². The number of hydrogen-bond acceptors (Lipinski definition) is 3. The molecule has 0 aliphatic carbocycles. The Morgan fingerprint density at radius 3 is 2.48 bits per heavy atom. The molecule has 144 valence electrons. The summed E-state index contributed by atoms with van der Waals surface area (Å²) in [4.78, 5) is 25.2. The predicted molar refractivity (Wildman–Crippen MR) is 107 cm³/mol. The molecule has 0 fully saturated rings. The van der Waals surface area contributed by atoms with Crippen LogP contribution in [0.5, 0.6) is 5.75 Å². The van der Waals surface area contributed by atoms with E-state index in [1.807, 2.05) is 70.2 Å². The van der Waals surface area contributed by atoms with Crippen molar-refractivity contribution >= 4 is 11.8 Å². The van der Waals surface area contributed by atoms with Gasteiger partial charge < -0.3 is 15.4 Å². The minimum atomic E-state index is -0.604. The van der Waals surface area contributed by atoms with Gasteiger partial charge in [0.2, 0.25) is 5.91 Å². The first kappa shape index (κ1) is 20.5. The largest absolute Gasteiger partial charge is 0.494 e. The smallest absolute Gasteiger partial charge is 0.252 e. The number of ether oxygens (including phenoxy) is 1. The van der Waals surface area contributed by atoms with Gasteiger partial charge >= 0.3 is 0 Å². The first-order valence-corrected chi connectivity index (χ1v) is 9.28. The van der Waals surface area contributed by atoms with Gasteiger partial charge in [0.05, 0.1) is 6.61 Å². The first-order valence-electron chi connectivity index (χ1n) is 9.28. The van der Waals surface area contributed by atoms with Crippen LogP contribution in [0.15, 0.2) is 48.5 Å². The number of rotatable bonds is 8. The second-order valence-corrected chi connectivity index (χ2v) is 6.81. The summed E-state index contributed by atoms with van der Waals surface area (Å²) >= 11 is 0. The van der Waals surface area contributed by atoms with Gasteiger partial charge in [-0.25, -0.2) is 0 Å². The lowest BCUT2D eigenvalue weighted by molar-refractivity contribution is -0.124. The molecule has 1 unspecified atom stereocenters. The molecule has 2 rings (SSSR count). The molecule has 1 atom stereocenters. The standard InChI is InChI=1S/C22H28N2O3/c1-5-27-18-11-8-10-17(13-18)14-23-22(26)20(15(2)3)24-21(25)19-12-7-6-9-16(19)4/h6-13,15,20H,5,14H2,1-4H3,(H,23,26)(H,24,25). The molecule has 0 bridgehead atoms. The zero-order valence-corrected chi connectivity index (χ0v) is 16.4. The summed E-state index contributed by atoms with van der Waals surface area (Å²) in [6, 6.07) is 14.4. The number of nitrogens with one attached hydrogen (secondary N) is 2. The van der Waals surface area contributed by atoms with Crippen molar-refractivity contribution in [2.45, 2.75) is 40.3 Å². The molecule has 0 aliphatic rings. The minimum Gasteiger partial charge on any atom is -0.494 e. The first-order chi connectivity index (χ1) is 12.9. The molecule has 0 aliphatic heterocycles. The lowest BCUT2D eigenvalue weighted by Gasteiger charge is -2.22. The molecular weight excluding hydrogens is 340 g/mol. The van der Waals surface area contributed by atoms with Crippen molar-refractivity contribution in [3.8, 4) is 5.75 Å². The lowest BCUT2D eigenvalue weighted by Crippen LogP contribution is -2.49. The summed E-state index contributed by atoms with van der Waals surface area (Å²) in [5.41, 5.74) is 2.41. The van der Waals surface area contributed by atoms with Crippen LogP contribution in [0, 0.1) is 12.8 Å². The SMILES string of the molecule is CCOc1cccc(CNC(=O)C(NC(=O)c2ccccc2C)C(C)C)c1. The fourth-order valence-corrected chi connectivity index (χ4v) is 2.79. The molecule has 2 N–H and O–H groups in total. The van der Waals surface area contributed by atoms with E-state index in [0.717, 1.165) is 16.9 Å². The lowest BCUT2D eigenvalue weighted by atomic mass is 10.0. The van der Waals surface area contributed by atoms with E-state index in [2.05, 4.69) is 10.6 Å². The van der Waals surface area contributed by atoms with Crippen LogP contribution in [0.3, 0.4) is 0 Å². The van der Waals surface area contributed by atoms with E-state index in [0.29, 0.717) is 18.7 Å². The van der Waals surface area contributed by atoms with Crippen LogP contribution < -0.4 is 15.4 Å². The number of hydrogen-bond donors (Lipinski definition) is 2. The van der Waals surface area contributed by atoms with Crippen molar-refractivity contribution in [3.63, 3.8) is 0 Å². The third-order valence-electron chi connectivity index (χ3n) is 4.30. The van der Waals surface area contributed by atoms with E-state index in [9.17, 15) is 9.59 Å². The van der Waals surface area contributed by atoms with Gasteiger partial charge in [0.25, 0.3) is 5.91 Å². The van der Waals surface area contributed by atoms with Crippen LogP contribution in [0.25, 0.3) is 0 Å². The Morgan fingerprint density at radius 2 is 1.81 bits per heavy atom. The van der Waals surface area contributed by atoms with Crippen LogP contribution in [0.2, 0.25) is 0 Å². The van der Waals surface area contributed by atoms with Crippen molar-refractivity contribution < 1.29 is 14.3 Å². The van der Waals surface area contributed by atoms with E-state index in [1.54, 1.807) is 6.07 Å². The maximum absolute atomic E-state index is 12.7. The Hall–Kier alpha value is -2.82. The normalized spacial score (nSPS) is 11.7. The summed E-state index contributed by atoms with van der Waals surface area (Å²) < 4.78 is 5.48. The number of aryl methyl sites for hydroxylation is 1. The van der Waals surface area contributed by atoms with Gasteiger partial charge in [-0.2, -0.15) is 0 Å². The highest BCUT2D eigenvalue weighted by molar-refractivity contribution is 5.98. The molecule has 5 nitrogen and oxygen atoms in total. The van der Waals surface area contributed by atoms with E-state index in [4.69, 9.17) is 4.74 Å². The van der Waals surface area contributed by atoms with Crippen LogP contribution in [-0.2, 0) is 11.3 Å². The summed E-state index contributed by atoms with van der Waals surface area (Å²) in [5.74, 6) is 0.305. The van der Waals surface area contributed by atoms with E-state index in [1.165, 1.54) is 0 Å². The molecule has 0 spiro atoms. The monoisotopic (exact) mass is 368 g/mol. The second-order valence-electron chi connectivity index (χ2n) is 6.81. The summed E-state index contributed by atoms with van der Waals surface area (Å²) in [7, 11) is 0. The van der Waals surface area contributed by atoms with E-state index in [-0.39, 0.29) is 17.7 Å². The molecule has 0 radical (unpaired) electrons. The maximum atomic E-state index is 12.7. The molecule has 0 saturated carbocycles. The van der Waals surface area contributed by atoms with Crippen molar-refractivity contribution in [3.05, 3.63) is 65.2 Å². The van der Waals surface area contributed by atoms with Crippen LogP contribution >= 0.6 is 0 Å². The Balaban J connectivity index is 2.01. The Morgan fingerprint density at radius 1 is 1.07 bits per heavy atom. The molecule has 0 saturated heterocycles. The van der Waals surface area contributed by atoms with E-state index < -0.39 is 6.04 Å². The second kappa shape index (κ2) is 9.76. The molecule has 0 aromatic heterocycles. The minimum absolute atomic E-state index is 0.0345. The molecule has 2 aromatic rings. The van der Waals surface area contributed by atoms with Gasteiger partial charge in [0.15, 0.2) is 0 Å². The zero-order valence-electron chi connectivity index (χ0n) is 16.4. The van der Waals surface area contributed by atoms with Crippen LogP contribution in [0.4, 0.5) is 0 Å².